The van der Waals surface area contributed by atoms with Crippen LogP contribution in [0.3, 0.4) is 0 Å². The number of aryl methyl sites for hydroxylation is 1. The zero-order valence-electron chi connectivity index (χ0n) is 10.0. The van der Waals surface area contributed by atoms with Gasteiger partial charge in [0, 0.05) is 44.0 Å². The van der Waals surface area contributed by atoms with Crippen LogP contribution in [0.4, 0.5) is 5.69 Å². The van der Waals surface area contributed by atoms with E-state index >= 15 is 0 Å². The number of nitrogens with one attached hydrogen (secondary N) is 1. The minimum Gasteiger partial charge on any atom is -0.369 e. The van der Waals surface area contributed by atoms with Crippen molar-refractivity contribution in [3.05, 3.63) is 24.5 Å². The topological polar surface area (TPSA) is 19.1 Å². The number of nitrogens with zero attached hydrogens (tertiary/aromatic N) is 2. The van der Waals surface area contributed by atoms with Crippen molar-refractivity contribution in [1.29, 1.82) is 0 Å². The van der Waals surface area contributed by atoms with Crippen LogP contribution in [0.15, 0.2) is 24.5 Å². The van der Waals surface area contributed by atoms with Gasteiger partial charge in [-0.2, -0.15) is 0 Å². The van der Waals surface area contributed by atoms with Crippen molar-refractivity contribution >= 4 is 5.69 Å². The number of hydrogen-bond donors (Lipinski definition) is 1. The lowest BCUT2D eigenvalue weighted by Crippen LogP contribution is -2.43. The van der Waals surface area contributed by atoms with Gasteiger partial charge in [-0.25, -0.2) is 4.57 Å². The highest BCUT2D eigenvalue weighted by Crippen LogP contribution is 2.11. The van der Waals surface area contributed by atoms with Gasteiger partial charge in [0.25, 0.3) is 0 Å². The van der Waals surface area contributed by atoms with Crippen LogP contribution in [0.2, 0.25) is 0 Å². The summed E-state index contributed by atoms with van der Waals surface area (Å²) in [7, 11) is 2.04. The molecule has 0 aliphatic carbocycles. The summed E-state index contributed by atoms with van der Waals surface area (Å²) in [5.41, 5.74) is 1.33. The molecule has 1 saturated heterocycles. The van der Waals surface area contributed by atoms with Crippen LogP contribution < -0.4 is 14.8 Å². The molecule has 2 rings (SSSR count). The van der Waals surface area contributed by atoms with E-state index in [0.29, 0.717) is 0 Å². The Kier molecular flexibility index (Phi) is 5.12. The average molecular weight is 208 g/mol. The lowest BCUT2D eigenvalue weighted by Gasteiger charge is -2.28. The predicted octanol–water partition coefficient (Wildman–Crippen LogP) is 0.947. The summed E-state index contributed by atoms with van der Waals surface area (Å²) in [6, 6.07) is 4.34. The van der Waals surface area contributed by atoms with Crippen LogP contribution >= 0.6 is 0 Å². The van der Waals surface area contributed by atoms with Gasteiger partial charge in [-0.1, -0.05) is 13.8 Å². The van der Waals surface area contributed by atoms with Crippen LogP contribution in [0.25, 0.3) is 0 Å². The molecule has 1 aromatic rings. The maximum atomic E-state index is 3.35. The molecule has 1 fully saturated rings. The summed E-state index contributed by atoms with van der Waals surface area (Å²) in [6.07, 6.45) is 4.19. The van der Waals surface area contributed by atoms with Crippen molar-refractivity contribution in [2.75, 3.05) is 31.1 Å². The Morgan fingerprint density at radius 1 is 1.13 bits per heavy atom. The van der Waals surface area contributed by atoms with E-state index in [-0.39, 0.29) is 0 Å². The molecule has 1 aromatic heterocycles. The highest BCUT2D eigenvalue weighted by Gasteiger charge is 2.10. The third-order valence-corrected chi connectivity index (χ3v) is 2.44. The molecule has 3 heteroatoms. The average Bonchev–Trinajstić information content (AvgIpc) is 2.34. The minimum atomic E-state index is 1.10. The van der Waals surface area contributed by atoms with Gasteiger partial charge in [-0.05, 0) is 0 Å². The molecule has 3 nitrogen and oxygen atoms in total. The first-order chi connectivity index (χ1) is 7.36. The maximum absolute atomic E-state index is 3.35. The van der Waals surface area contributed by atoms with E-state index in [1.165, 1.54) is 5.69 Å². The molecular weight excluding hydrogens is 186 g/mol. The number of hydrogen-bond acceptors (Lipinski definition) is 2. The predicted molar refractivity (Wildman–Crippen MR) is 64.0 cm³/mol. The molecule has 1 N–H and O–H groups in total. The van der Waals surface area contributed by atoms with Gasteiger partial charge in [0.15, 0.2) is 12.4 Å². The van der Waals surface area contributed by atoms with Gasteiger partial charge in [-0.3, -0.25) is 0 Å². The Labute approximate surface area is 92.7 Å². The highest BCUT2D eigenvalue weighted by molar-refractivity contribution is 5.44. The van der Waals surface area contributed by atoms with Crippen molar-refractivity contribution in [3.63, 3.8) is 0 Å². The fourth-order valence-electron chi connectivity index (χ4n) is 1.63. The Bertz CT molecular complexity index is 263. The Morgan fingerprint density at radius 2 is 1.67 bits per heavy atom. The first-order valence-electron chi connectivity index (χ1n) is 5.77. The van der Waals surface area contributed by atoms with Crippen molar-refractivity contribution in [3.8, 4) is 0 Å². The van der Waals surface area contributed by atoms with E-state index < -0.39 is 0 Å². The summed E-state index contributed by atoms with van der Waals surface area (Å²) < 4.78 is 2.06. The molecule has 2 heterocycles. The van der Waals surface area contributed by atoms with Gasteiger partial charge >= 0.3 is 0 Å². The fraction of sp³-hybridized carbons (Fsp3) is 0.583. The van der Waals surface area contributed by atoms with Crippen LogP contribution in [-0.4, -0.2) is 26.2 Å². The molecule has 0 unspecified atom stereocenters. The summed E-state index contributed by atoms with van der Waals surface area (Å²) in [4.78, 5) is 2.41. The second kappa shape index (κ2) is 6.40. The van der Waals surface area contributed by atoms with E-state index in [1.807, 2.05) is 20.9 Å². The molecule has 15 heavy (non-hydrogen) atoms. The highest BCUT2D eigenvalue weighted by atomic mass is 15.2. The van der Waals surface area contributed by atoms with Gasteiger partial charge in [0.2, 0.25) is 0 Å². The van der Waals surface area contributed by atoms with Crippen molar-refractivity contribution in [2.45, 2.75) is 13.8 Å². The summed E-state index contributed by atoms with van der Waals surface area (Å²) in [5.74, 6) is 0. The molecule has 0 amide bonds. The van der Waals surface area contributed by atoms with Crippen LogP contribution in [-0.2, 0) is 7.05 Å². The normalized spacial score (nSPS) is 15.5. The van der Waals surface area contributed by atoms with Crippen LogP contribution in [0.1, 0.15) is 13.8 Å². The number of aromatic nitrogens is 1. The van der Waals surface area contributed by atoms with Crippen molar-refractivity contribution < 1.29 is 4.57 Å². The number of piperazine rings is 1. The Balaban J connectivity index is 0.000000531. The smallest absolute Gasteiger partial charge is 0.170 e. The third-order valence-electron chi connectivity index (χ3n) is 2.44. The standard InChI is InChI=1S/C10H16N3.C2H6/c1-12-6-2-10(3-7-12)13-8-4-11-5-9-13;1-2/h2-3,6-7,11H,4-5,8-9H2,1H3;1-2H3/q+1;. The molecule has 0 bridgehead atoms. The summed E-state index contributed by atoms with van der Waals surface area (Å²) in [6.45, 7) is 8.43. The zero-order chi connectivity index (χ0) is 11.1. The summed E-state index contributed by atoms with van der Waals surface area (Å²) in [5, 5.41) is 3.35. The van der Waals surface area contributed by atoms with Crippen LogP contribution in [0.5, 0.6) is 0 Å². The molecule has 1 aliphatic heterocycles. The molecule has 0 spiro atoms. The van der Waals surface area contributed by atoms with E-state index in [2.05, 4.69) is 39.3 Å². The Hall–Kier alpha value is -1.09. The number of anilines is 1. The zero-order valence-corrected chi connectivity index (χ0v) is 10.0. The summed E-state index contributed by atoms with van der Waals surface area (Å²) >= 11 is 0. The quantitative estimate of drug-likeness (QED) is 0.693. The third kappa shape index (κ3) is 3.51. The second-order valence-electron chi connectivity index (χ2n) is 3.46. The molecule has 1 aliphatic rings. The monoisotopic (exact) mass is 208 g/mol. The minimum absolute atomic E-state index is 1.10. The second-order valence-corrected chi connectivity index (χ2v) is 3.46. The number of rotatable bonds is 1. The SMILES string of the molecule is CC.C[n+]1ccc(N2CCNCC2)cc1. The van der Waals surface area contributed by atoms with Gasteiger partial charge < -0.3 is 10.2 Å². The van der Waals surface area contributed by atoms with Gasteiger partial charge in [0.1, 0.15) is 7.05 Å². The fourth-order valence-corrected chi connectivity index (χ4v) is 1.63. The van der Waals surface area contributed by atoms with E-state index in [1.54, 1.807) is 0 Å². The molecular formula is C12H22N3+. The largest absolute Gasteiger partial charge is 0.369 e. The van der Waals surface area contributed by atoms with Crippen molar-refractivity contribution in [2.24, 2.45) is 7.05 Å². The van der Waals surface area contributed by atoms with E-state index in [4.69, 9.17) is 0 Å². The van der Waals surface area contributed by atoms with E-state index in [9.17, 15) is 0 Å². The maximum Gasteiger partial charge on any atom is 0.170 e. The lowest BCUT2D eigenvalue weighted by atomic mass is 10.3. The molecule has 84 valence electrons. The lowest BCUT2D eigenvalue weighted by molar-refractivity contribution is -0.671. The first kappa shape index (κ1) is 12.0. The van der Waals surface area contributed by atoms with Gasteiger partial charge in [0.05, 0.1) is 0 Å². The first-order valence-corrected chi connectivity index (χ1v) is 5.77. The van der Waals surface area contributed by atoms with Crippen LogP contribution in [0, 0.1) is 0 Å². The van der Waals surface area contributed by atoms with E-state index in [0.717, 1.165) is 26.2 Å². The Morgan fingerprint density at radius 3 is 2.20 bits per heavy atom. The molecule has 0 atom stereocenters. The molecule has 0 radical (unpaired) electrons. The van der Waals surface area contributed by atoms with Crippen molar-refractivity contribution in [1.82, 2.24) is 5.32 Å². The van der Waals surface area contributed by atoms with Gasteiger partial charge in [-0.15, -0.1) is 0 Å². The number of pyridine rings is 1. The molecule has 0 saturated carbocycles. The molecule has 0 aromatic carbocycles.